The SMILES string of the molecule is CN(CC(=O)Nc1ccccc1Oc1ccccc1)CC(=O)N(C)C. The fraction of sp³-hybridized carbons (Fsp3) is 0.263. The lowest BCUT2D eigenvalue weighted by atomic mass is 10.2. The lowest BCUT2D eigenvalue weighted by Gasteiger charge is -2.19. The first-order valence-corrected chi connectivity index (χ1v) is 7.96. The van der Waals surface area contributed by atoms with Gasteiger partial charge in [-0.2, -0.15) is 0 Å². The number of para-hydroxylation sites is 3. The molecular formula is C19H23N3O3. The van der Waals surface area contributed by atoms with Gasteiger partial charge in [-0.3, -0.25) is 14.5 Å². The van der Waals surface area contributed by atoms with Crippen LogP contribution in [0, 0.1) is 0 Å². The Morgan fingerprint density at radius 1 is 0.920 bits per heavy atom. The van der Waals surface area contributed by atoms with Crippen LogP contribution in [-0.4, -0.2) is 55.8 Å². The molecule has 0 saturated heterocycles. The normalized spacial score (nSPS) is 10.4. The molecule has 0 radical (unpaired) electrons. The summed E-state index contributed by atoms with van der Waals surface area (Å²) in [6.45, 7) is 0.293. The van der Waals surface area contributed by atoms with Crippen LogP contribution in [0.1, 0.15) is 0 Å². The van der Waals surface area contributed by atoms with E-state index in [1.54, 1.807) is 38.2 Å². The Morgan fingerprint density at radius 2 is 1.56 bits per heavy atom. The van der Waals surface area contributed by atoms with Gasteiger partial charge in [-0.25, -0.2) is 0 Å². The largest absolute Gasteiger partial charge is 0.455 e. The first-order chi connectivity index (χ1) is 12.0. The lowest BCUT2D eigenvalue weighted by molar-refractivity contribution is -0.130. The Morgan fingerprint density at radius 3 is 2.24 bits per heavy atom. The van der Waals surface area contributed by atoms with Gasteiger partial charge in [-0.15, -0.1) is 0 Å². The molecule has 0 bridgehead atoms. The number of carbonyl (C=O) groups excluding carboxylic acids is 2. The van der Waals surface area contributed by atoms with Crippen LogP contribution in [0.25, 0.3) is 0 Å². The van der Waals surface area contributed by atoms with Gasteiger partial charge in [0.2, 0.25) is 11.8 Å². The maximum absolute atomic E-state index is 12.2. The monoisotopic (exact) mass is 341 g/mol. The van der Waals surface area contributed by atoms with Gasteiger partial charge < -0.3 is 15.0 Å². The van der Waals surface area contributed by atoms with Crippen LogP contribution in [-0.2, 0) is 9.59 Å². The van der Waals surface area contributed by atoms with Crippen molar-refractivity contribution in [3.63, 3.8) is 0 Å². The maximum Gasteiger partial charge on any atom is 0.238 e. The summed E-state index contributed by atoms with van der Waals surface area (Å²) in [7, 11) is 5.11. The number of hydrogen-bond acceptors (Lipinski definition) is 4. The number of hydrogen-bond donors (Lipinski definition) is 1. The van der Waals surface area contributed by atoms with Crippen LogP contribution < -0.4 is 10.1 Å². The standard InChI is InChI=1S/C19H23N3O3/c1-21(2)19(24)14-22(3)13-18(23)20-16-11-7-8-12-17(16)25-15-9-5-4-6-10-15/h4-12H,13-14H2,1-3H3,(H,20,23). The van der Waals surface area contributed by atoms with E-state index >= 15 is 0 Å². The molecule has 25 heavy (non-hydrogen) atoms. The van der Waals surface area contributed by atoms with E-state index in [0.29, 0.717) is 17.2 Å². The van der Waals surface area contributed by atoms with Crippen molar-refractivity contribution in [3.05, 3.63) is 54.6 Å². The number of anilines is 1. The second-order valence-electron chi connectivity index (χ2n) is 5.92. The van der Waals surface area contributed by atoms with Crippen LogP contribution in [0.3, 0.4) is 0 Å². The van der Waals surface area contributed by atoms with E-state index in [-0.39, 0.29) is 24.9 Å². The zero-order valence-corrected chi connectivity index (χ0v) is 14.7. The molecule has 2 amide bonds. The molecule has 0 atom stereocenters. The molecule has 0 aliphatic rings. The van der Waals surface area contributed by atoms with Crippen molar-refractivity contribution >= 4 is 17.5 Å². The molecule has 0 aromatic heterocycles. The zero-order chi connectivity index (χ0) is 18.2. The first-order valence-electron chi connectivity index (χ1n) is 7.96. The summed E-state index contributed by atoms with van der Waals surface area (Å²) < 4.78 is 5.82. The van der Waals surface area contributed by atoms with Crippen molar-refractivity contribution in [1.29, 1.82) is 0 Å². The first kappa shape index (κ1) is 18.5. The van der Waals surface area contributed by atoms with Gasteiger partial charge in [0.15, 0.2) is 5.75 Å². The van der Waals surface area contributed by atoms with Gasteiger partial charge in [0, 0.05) is 14.1 Å². The third-order valence-electron chi connectivity index (χ3n) is 3.45. The summed E-state index contributed by atoms with van der Waals surface area (Å²) in [5, 5.41) is 2.83. The number of nitrogens with one attached hydrogen (secondary N) is 1. The molecular weight excluding hydrogens is 318 g/mol. The van der Waals surface area contributed by atoms with Gasteiger partial charge in [-0.05, 0) is 31.3 Å². The van der Waals surface area contributed by atoms with E-state index in [0.717, 1.165) is 0 Å². The third kappa shape index (κ3) is 5.93. The molecule has 0 spiro atoms. The van der Waals surface area contributed by atoms with E-state index in [4.69, 9.17) is 4.74 Å². The predicted octanol–water partition coefficient (Wildman–Crippen LogP) is 2.44. The van der Waals surface area contributed by atoms with Gasteiger partial charge in [0.25, 0.3) is 0 Å². The highest BCUT2D eigenvalue weighted by molar-refractivity contribution is 5.94. The van der Waals surface area contributed by atoms with Crippen LogP contribution in [0.5, 0.6) is 11.5 Å². The Balaban J connectivity index is 1.98. The Bertz CT molecular complexity index is 717. The van der Waals surface area contributed by atoms with Crippen molar-refractivity contribution in [1.82, 2.24) is 9.80 Å². The Labute approximate surface area is 148 Å². The number of likely N-dealkylation sites (N-methyl/N-ethyl adjacent to an activating group) is 2. The highest BCUT2D eigenvalue weighted by atomic mass is 16.5. The molecule has 0 aliphatic heterocycles. The van der Waals surface area contributed by atoms with Gasteiger partial charge in [0.1, 0.15) is 5.75 Å². The second kappa shape index (κ2) is 8.84. The minimum atomic E-state index is -0.210. The zero-order valence-electron chi connectivity index (χ0n) is 14.7. The molecule has 6 heteroatoms. The average molecular weight is 341 g/mol. The van der Waals surface area contributed by atoms with Crippen molar-refractivity contribution in [2.75, 3.05) is 39.5 Å². The Kier molecular flexibility index (Phi) is 6.54. The molecule has 0 fully saturated rings. The summed E-state index contributed by atoms with van der Waals surface area (Å²) in [6, 6.07) is 16.6. The van der Waals surface area contributed by atoms with Crippen molar-refractivity contribution in [2.24, 2.45) is 0 Å². The van der Waals surface area contributed by atoms with E-state index in [1.165, 1.54) is 4.90 Å². The van der Waals surface area contributed by atoms with Crippen molar-refractivity contribution in [2.45, 2.75) is 0 Å². The van der Waals surface area contributed by atoms with Crippen LogP contribution in [0.15, 0.2) is 54.6 Å². The molecule has 1 N–H and O–H groups in total. The number of rotatable bonds is 7. The fourth-order valence-electron chi connectivity index (χ4n) is 2.14. The number of benzene rings is 2. The molecule has 2 aromatic rings. The number of amides is 2. The molecule has 0 aliphatic carbocycles. The molecule has 0 unspecified atom stereocenters. The minimum Gasteiger partial charge on any atom is -0.455 e. The summed E-state index contributed by atoms with van der Waals surface area (Å²) >= 11 is 0. The van der Waals surface area contributed by atoms with E-state index in [1.807, 2.05) is 42.5 Å². The molecule has 2 aromatic carbocycles. The van der Waals surface area contributed by atoms with E-state index < -0.39 is 0 Å². The topological polar surface area (TPSA) is 61.9 Å². The molecule has 0 saturated carbocycles. The summed E-state index contributed by atoms with van der Waals surface area (Å²) in [6.07, 6.45) is 0. The summed E-state index contributed by atoms with van der Waals surface area (Å²) in [4.78, 5) is 27.1. The van der Waals surface area contributed by atoms with Gasteiger partial charge in [-0.1, -0.05) is 30.3 Å². The number of carbonyl (C=O) groups is 2. The van der Waals surface area contributed by atoms with Gasteiger partial charge in [0.05, 0.1) is 18.8 Å². The second-order valence-corrected chi connectivity index (χ2v) is 5.92. The van der Waals surface area contributed by atoms with Crippen LogP contribution in [0.4, 0.5) is 5.69 Å². The molecule has 0 heterocycles. The van der Waals surface area contributed by atoms with Crippen molar-refractivity contribution < 1.29 is 14.3 Å². The van der Waals surface area contributed by atoms with E-state index in [2.05, 4.69) is 5.32 Å². The smallest absolute Gasteiger partial charge is 0.238 e. The highest BCUT2D eigenvalue weighted by Gasteiger charge is 2.13. The quantitative estimate of drug-likeness (QED) is 0.840. The molecule has 6 nitrogen and oxygen atoms in total. The molecule has 132 valence electrons. The van der Waals surface area contributed by atoms with E-state index in [9.17, 15) is 9.59 Å². The highest BCUT2D eigenvalue weighted by Crippen LogP contribution is 2.28. The molecule has 2 rings (SSSR count). The minimum absolute atomic E-state index is 0.0527. The lowest BCUT2D eigenvalue weighted by Crippen LogP contribution is -2.38. The number of ether oxygens (including phenoxy) is 1. The third-order valence-corrected chi connectivity index (χ3v) is 3.45. The maximum atomic E-state index is 12.2. The predicted molar refractivity (Wildman–Crippen MR) is 97.8 cm³/mol. The summed E-state index contributed by atoms with van der Waals surface area (Å²) in [5.74, 6) is 0.994. The van der Waals surface area contributed by atoms with Gasteiger partial charge >= 0.3 is 0 Å². The Hall–Kier alpha value is -2.86. The number of nitrogens with zero attached hydrogens (tertiary/aromatic N) is 2. The van der Waals surface area contributed by atoms with Crippen molar-refractivity contribution in [3.8, 4) is 11.5 Å². The summed E-state index contributed by atoms with van der Waals surface area (Å²) in [5.41, 5.74) is 0.587. The van der Waals surface area contributed by atoms with Crippen LogP contribution >= 0.6 is 0 Å². The average Bonchev–Trinajstić information content (AvgIpc) is 2.57. The fourth-order valence-corrected chi connectivity index (χ4v) is 2.14. The van der Waals surface area contributed by atoms with Crippen LogP contribution in [0.2, 0.25) is 0 Å².